The number of hydrogen-bond acceptors (Lipinski definition) is 1. The first-order valence-electron chi connectivity index (χ1n) is 5.19. The molecule has 3 rings (SSSR count). The first-order valence-corrected chi connectivity index (χ1v) is 6.09. The van der Waals surface area contributed by atoms with Crippen molar-refractivity contribution >= 4 is 35.3 Å². The van der Waals surface area contributed by atoms with E-state index < -0.39 is 8.46 Å². The Bertz CT molecular complexity index is 688. The van der Waals surface area contributed by atoms with Gasteiger partial charge in [0.05, 0.1) is 8.46 Å². The Balaban J connectivity index is 2.62. The van der Waals surface area contributed by atoms with Gasteiger partial charge in [0.2, 0.25) is 0 Å². The van der Waals surface area contributed by atoms with E-state index in [0.29, 0.717) is 0 Å². The van der Waals surface area contributed by atoms with Crippen molar-refractivity contribution in [3.8, 4) is 0 Å². The van der Waals surface area contributed by atoms with Gasteiger partial charge < -0.3 is 0 Å². The summed E-state index contributed by atoms with van der Waals surface area (Å²) >= 11 is 0. The zero-order chi connectivity index (χ0) is 11.0. The van der Waals surface area contributed by atoms with Crippen LogP contribution in [0.2, 0.25) is 0 Å². The monoisotopic (exact) mass is 225 g/mol. The minimum atomic E-state index is -0.403. The van der Waals surface area contributed by atoms with Gasteiger partial charge in [-0.3, -0.25) is 4.57 Å². The summed E-state index contributed by atoms with van der Waals surface area (Å²) in [6.07, 6.45) is 0. The van der Waals surface area contributed by atoms with Crippen molar-refractivity contribution in [2.75, 3.05) is 0 Å². The summed E-state index contributed by atoms with van der Waals surface area (Å²) < 4.78 is 11.2. The Kier molecular flexibility index (Phi) is 2.19. The fourth-order valence-electron chi connectivity index (χ4n) is 2.14. The summed E-state index contributed by atoms with van der Waals surface area (Å²) in [6.45, 7) is 0. The SMILES string of the molecule is O=[PH]c1cc2ccccc2c2ccccc12. The summed E-state index contributed by atoms with van der Waals surface area (Å²) in [7, 11) is -0.403. The quantitative estimate of drug-likeness (QED) is 0.456. The highest BCUT2D eigenvalue weighted by Gasteiger charge is 2.04. The molecular weight excluding hydrogens is 215 g/mol. The molecule has 0 aromatic heterocycles. The fraction of sp³-hybridized carbons (Fsp3) is 0. The summed E-state index contributed by atoms with van der Waals surface area (Å²) in [5, 5.41) is 5.56. The number of rotatable bonds is 1. The Hall–Kier alpha value is -1.72. The van der Waals surface area contributed by atoms with E-state index in [1.165, 1.54) is 10.8 Å². The van der Waals surface area contributed by atoms with Gasteiger partial charge in [0.1, 0.15) is 0 Å². The van der Waals surface area contributed by atoms with Crippen molar-refractivity contribution in [2.45, 2.75) is 0 Å². The third-order valence-electron chi connectivity index (χ3n) is 2.88. The Morgan fingerprint density at radius 1 is 0.750 bits per heavy atom. The highest BCUT2D eigenvalue weighted by molar-refractivity contribution is 7.35. The van der Waals surface area contributed by atoms with Crippen molar-refractivity contribution in [3.63, 3.8) is 0 Å². The predicted octanol–water partition coefficient (Wildman–Crippen LogP) is 3.64. The van der Waals surface area contributed by atoms with E-state index in [-0.39, 0.29) is 0 Å². The van der Waals surface area contributed by atoms with Gasteiger partial charge in [-0.25, -0.2) is 0 Å². The molecule has 0 saturated carbocycles. The molecule has 16 heavy (non-hydrogen) atoms. The van der Waals surface area contributed by atoms with Gasteiger partial charge >= 0.3 is 0 Å². The molecule has 0 saturated heterocycles. The molecular formula is C14H10OP. The number of fused-ring (bicyclic) bond motifs is 3. The van der Waals surface area contributed by atoms with Crippen LogP contribution in [0.15, 0.2) is 54.6 Å². The van der Waals surface area contributed by atoms with Crippen molar-refractivity contribution in [3.05, 3.63) is 54.6 Å². The molecule has 1 unspecified atom stereocenters. The fourth-order valence-corrected chi connectivity index (χ4v) is 2.68. The van der Waals surface area contributed by atoms with E-state index in [0.717, 1.165) is 16.1 Å². The zero-order valence-electron chi connectivity index (χ0n) is 8.60. The molecule has 77 valence electrons. The van der Waals surface area contributed by atoms with Crippen LogP contribution in [0, 0.1) is 0 Å². The van der Waals surface area contributed by atoms with Crippen LogP contribution in [-0.2, 0) is 4.57 Å². The van der Waals surface area contributed by atoms with E-state index in [4.69, 9.17) is 0 Å². The minimum Gasteiger partial charge on any atom is -0.285 e. The number of hydrogen-bond donors (Lipinski definition) is 0. The van der Waals surface area contributed by atoms with E-state index in [1.54, 1.807) is 0 Å². The third-order valence-corrected chi connectivity index (χ3v) is 3.51. The molecule has 0 aliphatic rings. The molecule has 0 aliphatic heterocycles. The first kappa shape index (κ1) is 9.50. The van der Waals surface area contributed by atoms with Crippen LogP contribution in [-0.4, -0.2) is 0 Å². The molecule has 0 N–H and O–H groups in total. The van der Waals surface area contributed by atoms with Crippen LogP contribution < -0.4 is 5.30 Å². The largest absolute Gasteiger partial charge is 0.285 e. The lowest BCUT2D eigenvalue weighted by Crippen LogP contribution is -1.94. The van der Waals surface area contributed by atoms with E-state index in [1.807, 2.05) is 36.4 Å². The minimum absolute atomic E-state index is 0.403. The van der Waals surface area contributed by atoms with Gasteiger partial charge in [0.25, 0.3) is 0 Å². The molecule has 0 bridgehead atoms. The van der Waals surface area contributed by atoms with Gasteiger partial charge in [0.15, 0.2) is 0 Å². The second-order valence-electron chi connectivity index (χ2n) is 3.79. The molecule has 0 heterocycles. The topological polar surface area (TPSA) is 17.1 Å². The number of benzene rings is 3. The van der Waals surface area contributed by atoms with Crippen LogP contribution in [0.3, 0.4) is 0 Å². The smallest absolute Gasteiger partial charge is 0.0909 e. The molecule has 0 spiro atoms. The maximum Gasteiger partial charge on any atom is 0.0909 e. The van der Waals surface area contributed by atoms with Crippen LogP contribution in [0.25, 0.3) is 21.5 Å². The molecule has 3 aromatic carbocycles. The zero-order valence-corrected chi connectivity index (χ0v) is 9.60. The van der Waals surface area contributed by atoms with Crippen LogP contribution >= 0.6 is 8.46 Å². The molecule has 0 aliphatic carbocycles. The van der Waals surface area contributed by atoms with Crippen LogP contribution in [0.1, 0.15) is 0 Å². The molecule has 1 atom stereocenters. The van der Waals surface area contributed by atoms with Crippen LogP contribution in [0.5, 0.6) is 0 Å². The summed E-state index contributed by atoms with van der Waals surface area (Å²) in [5.74, 6) is 0. The standard InChI is InChI=1S/C14H10OP/c15-16-14-9-10-5-1-2-6-11(10)12-7-3-4-8-13(12)14/h1-9,16H. The summed E-state index contributed by atoms with van der Waals surface area (Å²) in [4.78, 5) is 0. The lowest BCUT2D eigenvalue weighted by molar-refractivity contribution is 0.603. The molecule has 1 radical (unpaired) electrons. The van der Waals surface area contributed by atoms with Crippen molar-refractivity contribution < 1.29 is 4.57 Å². The normalized spacial score (nSPS) is 11.2. The molecule has 3 aromatic rings. The highest BCUT2D eigenvalue weighted by Crippen LogP contribution is 2.25. The molecule has 1 nitrogen and oxygen atoms in total. The van der Waals surface area contributed by atoms with Crippen molar-refractivity contribution in [2.24, 2.45) is 0 Å². The van der Waals surface area contributed by atoms with Gasteiger partial charge in [-0.1, -0.05) is 48.5 Å². The Labute approximate surface area is 94.9 Å². The maximum absolute atomic E-state index is 11.2. The second-order valence-corrected chi connectivity index (χ2v) is 4.54. The third kappa shape index (κ3) is 1.33. The van der Waals surface area contributed by atoms with Crippen molar-refractivity contribution in [1.29, 1.82) is 0 Å². The first-order chi connectivity index (χ1) is 7.90. The predicted molar refractivity (Wildman–Crippen MR) is 70.1 cm³/mol. The maximum atomic E-state index is 11.2. The molecule has 0 amide bonds. The molecule has 0 fully saturated rings. The van der Waals surface area contributed by atoms with Gasteiger partial charge in [-0.2, -0.15) is 0 Å². The summed E-state index contributed by atoms with van der Waals surface area (Å²) in [6, 6.07) is 18.4. The Morgan fingerprint density at radius 2 is 1.38 bits per heavy atom. The lowest BCUT2D eigenvalue weighted by atomic mass is 10.0. The van der Waals surface area contributed by atoms with Gasteiger partial charge in [0, 0.05) is 5.30 Å². The lowest BCUT2D eigenvalue weighted by Gasteiger charge is -2.05. The summed E-state index contributed by atoms with van der Waals surface area (Å²) in [5.41, 5.74) is 0. The Morgan fingerprint density at radius 3 is 2.12 bits per heavy atom. The average Bonchev–Trinajstić information content (AvgIpc) is 2.38. The van der Waals surface area contributed by atoms with E-state index in [2.05, 4.69) is 18.2 Å². The second kappa shape index (κ2) is 3.70. The van der Waals surface area contributed by atoms with Gasteiger partial charge in [-0.15, -0.1) is 0 Å². The highest BCUT2D eigenvalue weighted by atomic mass is 31.1. The van der Waals surface area contributed by atoms with Crippen LogP contribution in [0.4, 0.5) is 0 Å². The molecule has 2 heteroatoms. The van der Waals surface area contributed by atoms with Crippen molar-refractivity contribution in [1.82, 2.24) is 0 Å². The van der Waals surface area contributed by atoms with Gasteiger partial charge in [-0.05, 0) is 27.6 Å². The van der Waals surface area contributed by atoms with E-state index >= 15 is 0 Å². The average molecular weight is 225 g/mol. The van der Waals surface area contributed by atoms with E-state index in [9.17, 15) is 4.57 Å².